The van der Waals surface area contributed by atoms with E-state index in [0.29, 0.717) is 35.9 Å². The van der Waals surface area contributed by atoms with Crippen LogP contribution in [0.25, 0.3) is 11.4 Å². The third-order valence-electron chi connectivity index (χ3n) is 4.69. The van der Waals surface area contributed by atoms with Gasteiger partial charge in [-0.25, -0.2) is 0 Å². The first-order valence-electron chi connectivity index (χ1n) is 9.54. The third kappa shape index (κ3) is 4.31. The summed E-state index contributed by atoms with van der Waals surface area (Å²) in [6.45, 7) is 0.591. The summed E-state index contributed by atoms with van der Waals surface area (Å²) in [5, 5.41) is 12.3. The van der Waals surface area contributed by atoms with Crippen molar-refractivity contribution in [1.82, 2.24) is 15.2 Å². The summed E-state index contributed by atoms with van der Waals surface area (Å²) in [5.41, 5.74) is 1.61. The molecule has 1 unspecified atom stereocenters. The number of aromatic nitrogens is 3. The van der Waals surface area contributed by atoms with Gasteiger partial charge >= 0.3 is 0 Å². The molecule has 1 aromatic heterocycles. The molecule has 0 radical (unpaired) electrons. The number of nitrogens with zero attached hydrogens (tertiary/aromatic N) is 2. The van der Waals surface area contributed by atoms with Gasteiger partial charge in [-0.2, -0.15) is 4.98 Å². The molecule has 0 spiro atoms. The van der Waals surface area contributed by atoms with Crippen molar-refractivity contribution in [3.05, 3.63) is 54.1 Å². The van der Waals surface area contributed by atoms with Gasteiger partial charge in [-0.05, 0) is 43.2 Å². The molecule has 30 heavy (non-hydrogen) atoms. The molecule has 3 N–H and O–H groups in total. The Morgan fingerprint density at radius 2 is 2.03 bits per heavy atom. The average molecular weight is 407 g/mol. The van der Waals surface area contributed by atoms with Gasteiger partial charge in [0.25, 0.3) is 11.8 Å². The molecule has 0 bridgehead atoms. The highest BCUT2D eigenvalue weighted by Gasteiger charge is 2.23. The van der Waals surface area contributed by atoms with Crippen molar-refractivity contribution in [3.63, 3.8) is 0 Å². The molecule has 2 amide bonds. The predicted octanol–water partition coefficient (Wildman–Crippen LogP) is 2.85. The Morgan fingerprint density at radius 3 is 2.83 bits per heavy atom. The number of carbonyl (C=O) groups is 2. The Labute approximate surface area is 172 Å². The molecular formula is C21H21N5O4. The number of rotatable bonds is 6. The zero-order valence-corrected chi connectivity index (χ0v) is 16.3. The van der Waals surface area contributed by atoms with Crippen molar-refractivity contribution < 1.29 is 19.1 Å². The number of methoxy groups -OCH3 is 1. The highest BCUT2D eigenvalue weighted by Crippen LogP contribution is 2.27. The van der Waals surface area contributed by atoms with Crippen molar-refractivity contribution >= 4 is 23.5 Å². The van der Waals surface area contributed by atoms with E-state index in [1.54, 1.807) is 31.4 Å². The van der Waals surface area contributed by atoms with Gasteiger partial charge in [-0.3, -0.25) is 20.0 Å². The van der Waals surface area contributed by atoms with E-state index in [1.165, 1.54) is 0 Å². The van der Waals surface area contributed by atoms with E-state index in [4.69, 9.17) is 9.47 Å². The summed E-state index contributed by atoms with van der Waals surface area (Å²) in [4.78, 5) is 29.1. The number of anilines is 2. The van der Waals surface area contributed by atoms with Crippen molar-refractivity contribution in [2.45, 2.75) is 18.9 Å². The van der Waals surface area contributed by atoms with Gasteiger partial charge in [0.2, 0.25) is 5.95 Å². The number of ether oxygens (including phenoxy) is 2. The van der Waals surface area contributed by atoms with Gasteiger partial charge in [-0.1, -0.05) is 18.2 Å². The van der Waals surface area contributed by atoms with Crippen LogP contribution in [0.3, 0.4) is 0 Å². The normalized spacial score (nSPS) is 15.6. The van der Waals surface area contributed by atoms with Gasteiger partial charge in [0.15, 0.2) is 5.82 Å². The molecule has 4 rings (SSSR count). The number of nitrogens with one attached hydrogen (secondary N) is 3. The van der Waals surface area contributed by atoms with Crippen LogP contribution in [0.4, 0.5) is 11.6 Å². The Kier molecular flexibility index (Phi) is 5.71. The maximum atomic E-state index is 12.6. The number of aromatic amines is 1. The van der Waals surface area contributed by atoms with E-state index in [1.807, 2.05) is 24.3 Å². The number of carbonyl (C=O) groups excluding carboxylic acids is 2. The summed E-state index contributed by atoms with van der Waals surface area (Å²) < 4.78 is 10.7. The Balaban J connectivity index is 1.44. The topological polar surface area (TPSA) is 118 Å². The van der Waals surface area contributed by atoms with Gasteiger partial charge in [0, 0.05) is 17.9 Å². The van der Waals surface area contributed by atoms with E-state index >= 15 is 0 Å². The van der Waals surface area contributed by atoms with Crippen LogP contribution in [0.2, 0.25) is 0 Å². The molecule has 2 aromatic carbocycles. The first kappa shape index (κ1) is 19.6. The molecule has 3 aromatic rings. The molecule has 0 saturated carbocycles. The molecule has 9 nitrogen and oxygen atoms in total. The minimum absolute atomic E-state index is 0.134. The molecule has 1 fully saturated rings. The number of hydrogen-bond donors (Lipinski definition) is 3. The van der Waals surface area contributed by atoms with Gasteiger partial charge in [0.05, 0.1) is 12.7 Å². The molecule has 2 heterocycles. The zero-order valence-electron chi connectivity index (χ0n) is 16.3. The lowest BCUT2D eigenvalue weighted by Gasteiger charge is -2.11. The first-order chi connectivity index (χ1) is 14.6. The lowest BCUT2D eigenvalue weighted by molar-refractivity contribution is -0.124. The molecule has 1 aliphatic rings. The van der Waals surface area contributed by atoms with Crippen LogP contribution in [0.15, 0.2) is 48.5 Å². The maximum Gasteiger partial charge on any atom is 0.258 e. The lowest BCUT2D eigenvalue weighted by Crippen LogP contribution is -2.27. The third-order valence-corrected chi connectivity index (χ3v) is 4.69. The number of amides is 2. The summed E-state index contributed by atoms with van der Waals surface area (Å²) in [5.74, 6) is 0.644. The highest BCUT2D eigenvalue weighted by atomic mass is 16.5. The van der Waals surface area contributed by atoms with Gasteiger partial charge in [0.1, 0.15) is 11.9 Å². The second-order valence-electron chi connectivity index (χ2n) is 6.73. The maximum absolute atomic E-state index is 12.6. The number of para-hydroxylation sites is 1. The lowest BCUT2D eigenvalue weighted by atomic mass is 10.1. The minimum Gasteiger partial charge on any atom is -0.496 e. The number of hydrogen-bond acceptors (Lipinski definition) is 6. The van der Waals surface area contributed by atoms with E-state index in [-0.39, 0.29) is 11.9 Å². The molecule has 154 valence electrons. The molecule has 1 aliphatic heterocycles. The van der Waals surface area contributed by atoms with E-state index in [9.17, 15) is 9.59 Å². The van der Waals surface area contributed by atoms with Crippen LogP contribution in [-0.2, 0) is 9.53 Å². The average Bonchev–Trinajstić information content (AvgIpc) is 3.46. The number of benzene rings is 2. The van der Waals surface area contributed by atoms with Crippen LogP contribution in [-0.4, -0.2) is 46.8 Å². The van der Waals surface area contributed by atoms with Crippen LogP contribution < -0.4 is 15.4 Å². The van der Waals surface area contributed by atoms with E-state index in [2.05, 4.69) is 25.8 Å². The Morgan fingerprint density at radius 1 is 1.17 bits per heavy atom. The van der Waals surface area contributed by atoms with Crippen LogP contribution in [0.5, 0.6) is 5.75 Å². The van der Waals surface area contributed by atoms with E-state index < -0.39 is 12.0 Å². The van der Waals surface area contributed by atoms with Crippen LogP contribution >= 0.6 is 0 Å². The van der Waals surface area contributed by atoms with Gasteiger partial charge in [-0.15, -0.1) is 5.10 Å². The monoisotopic (exact) mass is 407 g/mol. The van der Waals surface area contributed by atoms with Crippen LogP contribution in [0.1, 0.15) is 23.2 Å². The molecule has 1 atom stereocenters. The van der Waals surface area contributed by atoms with Crippen molar-refractivity contribution in [2.75, 3.05) is 24.4 Å². The molecular weight excluding hydrogens is 386 g/mol. The minimum atomic E-state index is -0.441. The SMILES string of the molecule is COc1ccccc1-c1nc(NC(=O)c2cccc(NC(=O)C3CCCO3)c2)n[nH]1. The Bertz CT molecular complexity index is 1060. The van der Waals surface area contributed by atoms with Gasteiger partial charge < -0.3 is 14.8 Å². The fraction of sp³-hybridized carbons (Fsp3) is 0.238. The summed E-state index contributed by atoms with van der Waals surface area (Å²) in [7, 11) is 1.57. The summed E-state index contributed by atoms with van der Waals surface area (Å²) >= 11 is 0. The fourth-order valence-electron chi connectivity index (χ4n) is 3.20. The Hall–Kier alpha value is -3.72. The summed E-state index contributed by atoms with van der Waals surface area (Å²) in [6.07, 6.45) is 1.13. The van der Waals surface area contributed by atoms with Crippen molar-refractivity contribution in [3.8, 4) is 17.1 Å². The van der Waals surface area contributed by atoms with E-state index in [0.717, 1.165) is 12.0 Å². The highest BCUT2D eigenvalue weighted by molar-refractivity contribution is 6.04. The number of H-pyrrole nitrogens is 1. The smallest absolute Gasteiger partial charge is 0.258 e. The first-order valence-corrected chi connectivity index (χ1v) is 9.54. The molecule has 1 saturated heterocycles. The van der Waals surface area contributed by atoms with Crippen molar-refractivity contribution in [1.29, 1.82) is 0 Å². The second kappa shape index (κ2) is 8.75. The quantitative estimate of drug-likeness (QED) is 0.578. The predicted molar refractivity (Wildman–Crippen MR) is 110 cm³/mol. The molecule has 0 aliphatic carbocycles. The standard InChI is InChI=1S/C21H21N5O4/c1-29-16-9-3-2-8-15(16)18-23-21(26-25-18)24-19(27)13-6-4-7-14(12-13)22-20(28)17-10-5-11-30-17/h2-4,6-9,12,17H,5,10-11H2,1H3,(H,22,28)(H2,23,24,25,26,27). The fourth-order valence-corrected chi connectivity index (χ4v) is 3.20. The zero-order chi connectivity index (χ0) is 20.9. The molecule has 9 heteroatoms. The van der Waals surface area contributed by atoms with Crippen LogP contribution in [0, 0.1) is 0 Å². The largest absolute Gasteiger partial charge is 0.496 e. The summed E-state index contributed by atoms with van der Waals surface area (Å²) in [6, 6.07) is 14.0. The second-order valence-corrected chi connectivity index (χ2v) is 6.73. The van der Waals surface area contributed by atoms with Crippen molar-refractivity contribution in [2.24, 2.45) is 0 Å².